The van der Waals surface area contributed by atoms with Crippen molar-refractivity contribution in [2.75, 3.05) is 0 Å². The minimum atomic E-state index is -0.949. The third-order valence-electron chi connectivity index (χ3n) is 3.31. The summed E-state index contributed by atoms with van der Waals surface area (Å²) >= 11 is 0. The van der Waals surface area contributed by atoms with Crippen LogP contribution in [-0.2, 0) is 0 Å². The van der Waals surface area contributed by atoms with Gasteiger partial charge in [0, 0.05) is 5.56 Å². The van der Waals surface area contributed by atoms with Gasteiger partial charge in [-0.15, -0.1) is 5.10 Å². The first-order valence-corrected chi connectivity index (χ1v) is 6.47. The van der Waals surface area contributed by atoms with Crippen molar-refractivity contribution in [3.8, 4) is 16.9 Å². The molecule has 21 heavy (non-hydrogen) atoms. The van der Waals surface area contributed by atoms with E-state index >= 15 is 0 Å². The number of nitrogens with zero attached hydrogens (tertiary/aromatic N) is 3. The first-order valence-electron chi connectivity index (χ1n) is 6.47. The third-order valence-corrected chi connectivity index (χ3v) is 3.31. The highest BCUT2D eigenvalue weighted by molar-refractivity contribution is 5.89. The normalized spacial score (nSPS) is 10.5. The Balaban J connectivity index is 2.17. The van der Waals surface area contributed by atoms with Gasteiger partial charge in [0.25, 0.3) is 0 Å². The summed E-state index contributed by atoms with van der Waals surface area (Å²) in [5, 5.41) is 17.2. The highest BCUT2D eigenvalue weighted by atomic mass is 16.4. The van der Waals surface area contributed by atoms with E-state index in [2.05, 4.69) is 10.3 Å². The van der Waals surface area contributed by atoms with Crippen molar-refractivity contribution in [2.24, 2.45) is 0 Å². The quantitative estimate of drug-likeness (QED) is 0.800. The van der Waals surface area contributed by atoms with Gasteiger partial charge in [-0.3, -0.25) is 0 Å². The van der Waals surface area contributed by atoms with Gasteiger partial charge in [-0.2, -0.15) is 0 Å². The molecule has 0 atom stereocenters. The van der Waals surface area contributed by atoms with E-state index in [1.165, 1.54) is 0 Å². The van der Waals surface area contributed by atoms with Gasteiger partial charge >= 0.3 is 5.97 Å². The molecule has 1 aromatic heterocycles. The summed E-state index contributed by atoms with van der Waals surface area (Å²) < 4.78 is 1.70. The molecule has 0 aliphatic rings. The van der Waals surface area contributed by atoms with Crippen LogP contribution in [-0.4, -0.2) is 26.1 Å². The predicted molar refractivity (Wildman–Crippen MR) is 78.5 cm³/mol. The Morgan fingerprint density at radius 1 is 1.14 bits per heavy atom. The fourth-order valence-electron chi connectivity index (χ4n) is 2.21. The second-order valence-corrected chi connectivity index (χ2v) is 4.70. The number of aromatic nitrogens is 3. The van der Waals surface area contributed by atoms with Crippen LogP contribution < -0.4 is 0 Å². The predicted octanol–water partition coefficient (Wildman–Crippen LogP) is 2.94. The monoisotopic (exact) mass is 279 g/mol. The maximum Gasteiger partial charge on any atom is 0.335 e. The maximum atomic E-state index is 11.2. The van der Waals surface area contributed by atoms with Crippen molar-refractivity contribution in [1.82, 2.24) is 15.0 Å². The molecule has 0 saturated carbocycles. The first-order chi connectivity index (χ1) is 10.2. The Kier molecular flexibility index (Phi) is 3.23. The molecule has 1 heterocycles. The Labute approximate surface area is 121 Å². The number of carboxylic acid groups (broad SMARTS) is 1. The van der Waals surface area contributed by atoms with Crippen LogP contribution in [0.3, 0.4) is 0 Å². The van der Waals surface area contributed by atoms with E-state index < -0.39 is 5.97 Å². The van der Waals surface area contributed by atoms with E-state index in [0.29, 0.717) is 0 Å². The summed E-state index contributed by atoms with van der Waals surface area (Å²) in [5.41, 5.74) is 3.67. The molecule has 1 N–H and O–H groups in total. The second kappa shape index (κ2) is 5.20. The lowest BCUT2D eigenvalue weighted by molar-refractivity contribution is 0.0697. The molecule has 0 saturated heterocycles. The van der Waals surface area contributed by atoms with Gasteiger partial charge in [0.2, 0.25) is 0 Å². The number of hydrogen-bond donors (Lipinski definition) is 1. The number of para-hydroxylation sites is 1. The van der Waals surface area contributed by atoms with Crippen LogP contribution in [0, 0.1) is 6.92 Å². The number of aryl methyl sites for hydroxylation is 1. The van der Waals surface area contributed by atoms with Gasteiger partial charge in [0.1, 0.15) is 0 Å². The molecule has 0 bridgehead atoms. The molecule has 5 heteroatoms. The number of aromatic carboxylic acids is 1. The van der Waals surface area contributed by atoms with Gasteiger partial charge in [-0.1, -0.05) is 29.5 Å². The van der Waals surface area contributed by atoms with Crippen molar-refractivity contribution >= 4 is 5.97 Å². The van der Waals surface area contributed by atoms with E-state index in [1.54, 1.807) is 29.1 Å². The van der Waals surface area contributed by atoms with Gasteiger partial charge in [0.15, 0.2) is 0 Å². The molecule has 0 aliphatic carbocycles. The van der Waals surface area contributed by atoms with E-state index in [0.717, 1.165) is 22.5 Å². The Hall–Kier alpha value is -2.95. The van der Waals surface area contributed by atoms with Gasteiger partial charge in [-0.05, 0) is 36.8 Å². The number of rotatable bonds is 3. The minimum Gasteiger partial charge on any atom is -0.478 e. The average molecular weight is 279 g/mol. The van der Waals surface area contributed by atoms with Crippen molar-refractivity contribution in [3.63, 3.8) is 0 Å². The lowest BCUT2D eigenvalue weighted by Crippen LogP contribution is -2.02. The van der Waals surface area contributed by atoms with Crippen LogP contribution in [0.15, 0.2) is 54.7 Å². The van der Waals surface area contributed by atoms with Crippen molar-refractivity contribution in [1.29, 1.82) is 0 Å². The van der Waals surface area contributed by atoms with Gasteiger partial charge in [-0.25, -0.2) is 9.48 Å². The molecule has 0 fully saturated rings. The fraction of sp³-hybridized carbons (Fsp3) is 0.0625. The largest absolute Gasteiger partial charge is 0.478 e. The summed E-state index contributed by atoms with van der Waals surface area (Å²) in [6, 6.07) is 14.6. The van der Waals surface area contributed by atoms with Crippen molar-refractivity contribution in [3.05, 3.63) is 65.9 Å². The number of benzene rings is 2. The molecule has 0 radical (unpaired) electrons. The van der Waals surface area contributed by atoms with Crippen LogP contribution in [0.4, 0.5) is 0 Å². The first kappa shape index (κ1) is 13.1. The SMILES string of the molecule is Cc1ccc(C(=O)O)cc1-c1cnnn1-c1ccccc1. The molecule has 0 unspecified atom stereocenters. The Morgan fingerprint density at radius 2 is 1.90 bits per heavy atom. The molecule has 0 aliphatic heterocycles. The van der Waals surface area contributed by atoms with Crippen LogP contribution in [0.1, 0.15) is 15.9 Å². The van der Waals surface area contributed by atoms with E-state index in [1.807, 2.05) is 37.3 Å². The smallest absolute Gasteiger partial charge is 0.335 e. The summed E-state index contributed by atoms with van der Waals surface area (Å²) in [7, 11) is 0. The third kappa shape index (κ3) is 2.41. The topological polar surface area (TPSA) is 68.0 Å². The number of carbonyl (C=O) groups is 1. The summed E-state index contributed by atoms with van der Waals surface area (Å²) in [5.74, 6) is -0.949. The maximum absolute atomic E-state index is 11.2. The molecule has 3 aromatic rings. The van der Waals surface area contributed by atoms with Crippen molar-refractivity contribution < 1.29 is 9.90 Å². The average Bonchev–Trinajstić information content (AvgIpc) is 2.97. The Bertz CT molecular complexity index is 794. The zero-order valence-corrected chi connectivity index (χ0v) is 11.4. The number of carboxylic acids is 1. The highest BCUT2D eigenvalue weighted by Gasteiger charge is 2.13. The lowest BCUT2D eigenvalue weighted by atomic mass is 10.0. The van der Waals surface area contributed by atoms with Gasteiger partial charge in [0.05, 0.1) is 23.1 Å². The van der Waals surface area contributed by atoms with Crippen LogP contribution in [0.2, 0.25) is 0 Å². The van der Waals surface area contributed by atoms with Crippen LogP contribution >= 0.6 is 0 Å². The van der Waals surface area contributed by atoms with Crippen molar-refractivity contribution in [2.45, 2.75) is 6.92 Å². The zero-order valence-electron chi connectivity index (χ0n) is 11.4. The molecule has 104 valence electrons. The molecule has 0 amide bonds. The van der Waals surface area contributed by atoms with Gasteiger partial charge < -0.3 is 5.11 Å². The Morgan fingerprint density at radius 3 is 2.62 bits per heavy atom. The summed E-state index contributed by atoms with van der Waals surface area (Å²) in [4.78, 5) is 11.2. The second-order valence-electron chi connectivity index (χ2n) is 4.70. The lowest BCUT2D eigenvalue weighted by Gasteiger charge is -2.09. The highest BCUT2D eigenvalue weighted by Crippen LogP contribution is 2.26. The van der Waals surface area contributed by atoms with E-state index in [4.69, 9.17) is 5.11 Å². The molecular formula is C16H13N3O2. The van der Waals surface area contributed by atoms with Crippen LogP contribution in [0.25, 0.3) is 16.9 Å². The molecule has 0 spiro atoms. The summed E-state index contributed by atoms with van der Waals surface area (Å²) in [6.07, 6.45) is 1.64. The molecule has 2 aromatic carbocycles. The van der Waals surface area contributed by atoms with E-state index in [9.17, 15) is 4.79 Å². The standard InChI is InChI=1S/C16H13N3O2/c1-11-7-8-12(16(20)21)9-14(11)15-10-17-18-19(15)13-5-3-2-4-6-13/h2-10H,1H3,(H,20,21). The number of hydrogen-bond acceptors (Lipinski definition) is 3. The zero-order chi connectivity index (χ0) is 14.8. The minimum absolute atomic E-state index is 0.247. The molecule has 3 rings (SSSR count). The van der Waals surface area contributed by atoms with E-state index in [-0.39, 0.29) is 5.56 Å². The fourth-order valence-corrected chi connectivity index (χ4v) is 2.21. The molecular weight excluding hydrogens is 266 g/mol. The van der Waals surface area contributed by atoms with Crippen LogP contribution in [0.5, 0.6) is 0 Å². The summed E-state index contributed by atoms with van der Waals surface area (Å²) in [6.45, 7) is 1.93. The molecule has 5 nitrogen and oxygen atoms in total.